The molecule has 0 saturated carbocycles. The topological polar surface area (TPSA) is 87.7 Å². The van der Waals surface area contributed by atoms with E-state index in [4.69, 9.17) is 4.74 Å². The zero-order valence-corrected chi connectivity index (χ0v) is 15.1. The van der Waals surface area contributed by atoms with Crippen LogP contribution >= 0.6 is 0 Å². The number of nitrogens with zero attached hydrogens (tertiary/aromatic N) is 1. The lowest BCUT2D eigenvalue weighted by molar-refractivity contribution is 0.101. The molecule has 10 heteroatoms. The van der Waals surface area contributed by atoms with Crippen molar-refractivity contribution < 1.29 is 26.7 Å². The third-order valence-electron chi connectivity index (χ3n) is 4.70. The summed E-state index contributed by atoms with van der Waals surface area (Å²) in [6.07, 6.45) is -0.0592. The van der Waals surface area contributed by atoms with Gasteiger partial charge in [-0.1, -0.05) is 6.07 Å². The summed E-state index contributed by atoms with van der Waals surface area (Å²) in [6.45, 7) is 0.670. The molecule has 0 aliphatic carbocycles. The molecule has 3 unspecified atom stereocenters. The summed E-state index contributed by atoms with van der Waals surface area (Å²) in [5.41, 5.74) is -0.0986. The molecule has 144 valence electrons. The number of urea groups is 1. The fraction of sp³-hybridized carbons (Fsp3) is 0.562. The Morgan fingerprint density at radius 3 is 2.58 bits per heavy atom. The molecule has 2 aliphatic heterocycles. The number of carbonyl (C=O) groups is 1. The van der Waals surface area contributed by atoms with Gasteiger partial charge in [-0.05, 0) is 18.6 Å². The number of ether oxygens (including phenoxy) is 1. The van der Waals surface area contributed by atoms with Crippen molar-refractivity contribution in [3.05, 3.63) is 29.8 Å². The molecule has 2 saturated heterocycles. The van der Waals surface area contributed by atoms with Crippen LogP contribution in [0.25, 0.3) is 0 Å². The van der Waals surface area contributed by atoms with Gasteiger partial charge < -0.3 is 20.3 Å². The van der Waals surface area contributed by atoms with E-state index in [2.05, 4.69) is 10.6 Å². The average molecular weight is 389 g/mol. The van der Waals surface area contributed by atoms with Crippen molar-refractivity contribution in [3.8, 4) is 0 Å². The first kappa shape index (κ1) is 18.8. The molecule has 0 spiro atoms. The van der Waals surface area contributed by atoms with E-state index in [0.29, 0.717) is 13.0 Å². The Morgan fingerprint density at radius 1 is 1.23 bits per heavy atom. The lowest BCUT2D eigenvalue weighted by Crippen LogP contribution is -2.51. The predicted molar refractivity (Wildman–Crippen MR) is 91.9 cm³/mol. The van der Waals surface area contributed by atoms with Crippen LogP contribution < -0.4 is 15.5 Å². The van der Waals surface area contributed by atoms with Crippen molar-refractivity contribution in [3.63, 3.8) is 0 Å². The third-order valence-corrected chi connectivity index (χ3v) is 6.40. The van der Waals surface area contributed by atoms with Crippen molar-refractivity contribution in [1.82, 2.24) is 10.6 Å². The minimum absolute atomic E-state index is 0.0986. The van der Waals surface area contributed by atoms with Gasteiger partial charge in [0.1, 0.15) is 17.3 Å². The fourth-order valence-electron chi connectivity index (χ4n) is 3.45. The van der Waals surface area contributed by atoms with E-state index in [1.807, 2.05) is 0 Å². The fourth-order valence-corrected chi connectivity index (χ4v) is 5.30. The number of rotatable bonds is 4. The number of hydrogen-bond acceptors (Lipinski definition) is 5. The largest absolute Gasteiger partial charge is 0.378 e. The summed E-state index contributed by atoms with van der Waals surface area (Å²) in [5.74, 6) is -1.59. The second kappa shape index (κ2) is 7.36. The highest BCUT2D eigenvalue weighted by Gasteiger charge is 2.39. The van der Waals surface area contributed by atoms with Gasteiger partial charge >= 0.3 is 6.03 Å². The molecule has 0 bridgehead atoms. The van der Waals surface area contributed by atoms with E-state index in [9.17, 15) is 22.0 Å². The molecular formula is C16H21F2N3O4S. The molecule has 2 aliphatic rings. The van der Waals surface area contributed by atoms with Crippen molar-refractivity contribution in [2.24, 2.45) is 0 Å². The number of carbonyl (C=O) groups excluding carboxylic acids is 1. The third kappa shape index (κ3) is 4.07. The van der Waals surface area contributed by atoms with E-state index in [0.717, 1.165) is 0 Å². The number of para-hydroxylation sites is 1. The molecule has 1 aromatic carbocycles. The van der Waals surface area contributed by atoms with Gasteiger partial charge in [-0.2, -0.15) is 0 Å². The van der Waals surface area contributed by atoms with Crippen molar-refractivity contribution >= 4 is 21.6 Å². The van der Waals surface area contributed by atoms with Crippen molar-refractivity contribution in [1.29, 1.82) is 0 Å². The number of halogens is 2. The SMILES string of the molecule is COC1CS(=O)(=O)CC1NC(=O)NC1CCN(c2c(F)cccc2F)C1. The highest BCUT2D eigenvalue weighted by atomic mass is 32.2. The maximum Gasteiger partial charge on any atom is 0.315 e. The van der Waals surface area contributed by atoms with Crippen LogP contribution in [0.3, 0.4) is 0 Å². The summed E-state index contributed by atoms with van der Waals surface area (Å²) in [6, 6.07) is 2.25. The normalized spacial score (nSPS) is 27.5. The van der Waals surface area contributed by atoms with Gasteiger partial charge in [0.25, 0.3) is 0 Å². The summed E-state index contributed by atoms with van der Waals surface area (Å²) < 4.78 is 56.2. The monoisotopic (exact) mass is 389 g/mol. The molecule has 0 aromatic heterocycles. The molecule has 3 atom stereocenters. The van der Waals surface area contributed by atoms with Crippen molar-refractivity contribution in [2.75, 3.05) is 36.6 Å². The van der Waals surface area contributed by atoms with Gasteiger partial charge in [-0.15, -0.1) is 0 Å². The van der Waals surface area contributed by atoms with Crippen LogP contribution in [0.2, 0.25) is 0 Å². The van der Waals surface area contributed by atoms with Gasteiger partial charge in [0.2, 0.25) is 0 Å². The van der Waals surface area contributed by atoms with Crippen LogP contribution in [0.4, 0.5) is 19.3 Å². The number of anilines is 1. The van der Waals surface area contributed by atoms with Crippen LogP contribution in [0.5, 0.6) is 0 Å². The number of hydrogen-bond donors (Lipinski definition) is 2. The molecular weight excluding hydrogens is 368 g/mol. The molecule has 1 aromatic rings. The van der Waals surface area contributed by atoms with Gasteiger partial charge in [0.05, 0.1) is 23.7 Å². The first-order chi connectivity index (χ1) is 12.3. The summed E-state index contributed by atoms with van der Waals surface area (Å²) in [7, 11) is -1.84. The molecule has 26 heavy (non-hydrogen) atoms. The average Bonchev–Trinajstić information content (AvgIpc) is 3.10. The second-order valence-corrected chi connectivity index (χ2v) is 8.73. The number of benzene rings is 1. The van der Waals surface area contributed by atoms with Crippen LogP contribution in [-0.4, -0.2) is 64.3 Å². The van der Waals surface area contributed by atoms with E-state index < -0.39 is 39.6 Å². The Hall–Kier alpha value is -1.94. The highest BCUT2D eigenvalue weighted by Crippen LogP contribution is 2.26. The standard InChI is InChI=1S/C16H21F2N3O4S/c1-25-14-9-26(23,24)8-13(14)20-16(22)19-10-5-6-21(7-10)15-11(17)3-2-4-12(15)18/h2-4,10,13-14H,5-9H2,1H3,(H2,19,20,22). The lowest BCUT2D eigenvalue weighted by Gasteiger charge is -2.22. The van der Waals surface area contributed by atoms with Gasteiger partial charge in [-0.3, -0.25) is 0 Å². The Balaban J connectivity index is 1.56. The Labute approximate surface area is 150 Å². The van der Waals surface area contributed by atoms with Gasteiger partial charge in [0.15, 0.2) is 9.84 Å². The lowest BCUT2D eigenvalue weighted by atomic mass is 10.2. The first-order valence-electron chi connectivity index (χ1n) is 8.28. The van der Waals surface area contributed by atoms with Crippen LogP contribution in [-0.2, 0) is 14.6 Å². The summed E-state index contributed by atoms with van der Waals surface area (Å²) in [4.78, 5) is 13.7. The maximum atomic E-state index is 13.9. The smallest absolute Gasteiger partial charge is 0.315 e. The van der Waals surface area contributed by atoms with Crippen LogP contribution in [0.1, 0.15) is 6.42 Å². The minimum atomic E-state index is -3.24. The quantitative estimate of drug-likeness (QED) is 0.790. The zero-order valence-electron chi connectivity index (χ0n) is 14.2. The zero-order chi connectivity index (χ0) is 18.9. The summed E-state index contributed by atoms with van der Waals surface area (Å²) in [5, 5.41) is 5.35. The second-order valence-electron chi connectivity index (χ2n) is 6.58. The maximum absolute atomic E-state index is 13.9. The number of nitrogens with one attached hydrogen (secondary N) is 2. The predicted octanol–water partition coefficient (Wildman–Crippen LogP) is 0.655. The summed E-state index contributed by atoms with van der Waals surface area (Å²) >= 11 is 0. The highest BCUT2D eigenvalue weighted by molar-refractivity contribution is 7.91. The Morgan fingerprint density at radius 2 is 1.92 bits per heavy atom. The molecule has 3 rings (SSSR count). The first-order valence-corrected chi connectivity index (χ1v) is 10.1. The Bertz CT molecular complexity index is 769. The minimum Gasteiger partial charge on any atom is -0.378 e. The molecule has 7 nitrogen and oxygen atoms in total. The molecule has 2 N–H and O–H groups in total. The van der Waals surface area contributed by atoms with Gasteiger partial charge in [-0.25, -0.2) is 22.0 Å². The number of amides is 2. The number of sulfone groups is 1. The molecule has 0 radical (unpaired) electrons. The van der Waals surface area contributed by atoms with E-state index >= 15 is 0 Å². The van der Waals surface area contributed by atoms with E-state index in [1.54, 1.807) is 4.90 Å². The van der Waals surface area contributed by atoms with Crippen molar-refractivity contribution in [2.45, 2.75) is 24.6 Å². The number of methoxy groups -OCH3 is 1. The van der Waals surface area contributed by atoms with Gasteiger partial charge in [0, 0.05) is 26.2 Å². The molecule has 2 fully saturated rings. The van der Waals surface area contributed by atoms with Crippen LogP contribution in [0, 0.1) is 11.6 Å². The Kier molecular flexibility index (Phi) is 5.33. The van der Waals surface area contributed by atoms with E-state index in [-0.39, 0.29) is 29.8 Å². The van der Waals surface area contributed by atoms with E-state index in [1.165, 1.54) is 25.3 Å². The van der Waals surface area contributed by atoms with Crippen LogP contribution in [0.15, 0.2) is 18.2 Å². The molecule has 2 amide bonds. The molecule has 2 heterocycles.